The molecule has 4 heteroatoms. The Morgan fingerprint density at radius 2 is 1.80 bits per heavy atom. The molecular formula is C16H28N4. The first-order valence-electron chi connectivity index (χ1n) is 7.96. The van der Waals surface area contributed by atoms with E-state index in [9.17, 15) is 0 Å². The number of likely N-dealkylation sites (N-methyl/N-ethyl adjacent to an activating group) is 2. The highest BCUT2D eigenvalue weighted by Gasteiger charge is 2.25. The van der Waals surface area contributed by atoms with E-state index >= 15 is 0 Å². The van der Waals surface area contributed by atoms with Gasteiger partial charge in [-0.15, -0.1) is 0 Å². The number of nitrogens with zero attached hydrogens (tertiary/aromatic N) is 2. The zero-order valence-corrected chi connectivity index (χ0v) is 12.8. The summed E-state index contributed by atoms with van der Waals surface area (Å²) in [5, 5.41) is 7.52. The van der Waals surface area contributed by atoms with Crippen LogP contribution in [-0.2, 0) is 0 Å². The molecule has 3 heterocycles. The van der Waals surface area contributed by atoms with Crippen LogP contribution in [0, 0.1) is 0 Å². The van der Waals surface area contributed by atoms with Crippen LogP contribution in [-0.4, -0.2) is 68.2 Å². The number of fused-ring (bicyclic) bond motifs is 4. The summed E-state index contributed by atoms with van der Waals surface area (Å²) in [5.41, 5.74) is 1.35. The molecule has 0 aromatic heterocycles. The van der Waals surface area contributed by atoms with Crippen molar-refractivity contribution in [2.24, 2.45) is 0 Å². The number of hydrogen-bond donors (Lipinski definition) is 2. The van der Waals surface area contributed by atoms with Gasteiger partial charge in [-0.05, 0) is 33.0 Å². The first-order chi connectivity index (χ1) is 9.69. The average molecular weight is 276 g/mol. The van der Waals surface area contributed by atoms with Crippen molar-refractivity contribution in [1.82, 2.24) is 20.4 Å². The number of nitrogens with one attached hydrogen (secondary N) is 2. The van der Waals surface area contributed by atoms with Gasteiger partial charge in [-0.2, -0.15) is 0 Å². The summed E-state index contributed by atoms with van der Waals surface area (Å²) in [6, 6.07) is 1.77. The zero-order valence-electron chi connectivity index (χ0n) is 12.8. The lowest BCUT2D eigenvalue weighted by atomic mass is 9.97. The minimum absolute atomic E-state index is 0.451. The molecule has 4 bridgehead atoms. The van der Waals surface area contributed by atoms with Crippen LogP contribution in [0.2, 0.25) is 0 Å². The Labute approximate surface area is 122 Å². The lowest BCUT2D eigenvalue weighted by Crippen LogP contribution is -2.54. The lowest BCUT2D eigenvalue weighted by Gasteiger charge is -2.38. The van der Waals surface area contributed by atoms with E-state index in [-0.39, 0.29) is 0 Å². The van der Waals surface area contributed by atoms with Crippen molar-refractivity contribution in [2.75, 3.05) is 40.3 Å². The van der Waals surface area contributed by atoms with Gasteiger partial charge in [-0.3, -0.25) is 4.90 Å². The van der Waals surface area contributed by atoms with Crippen molar-refractivity contribution in [1.29, 1.82) is 0 Å². The van der Waals surface area contributed by atoms with Crippen molar-refractivity contribution in [3.63, 3.8) is 0 Å². The molecule has 4 nitrogen and oxygen atoms in total. The van der Waals surface area contributed by atoms with Gasteiger partial charge < -0.3 is 15.5 Å². The molecule has 20 heavy (non-hydrogen) atoms. The summed E-state index contributed by atoms with van der Waals surface area (Å²) in [4.78, 5) is 4.91. The monoisotopic (exact) mass is 276 g/mol. The Morgan fingerprint density at radius 3 is 2.60 bits per heavy atom. The van der Waals surface area contributed by atoms with Crippen LogP contribution in [0.4, 0.5) is 0 Å². The van der Waals surface area contributed by atoms with Crippen LogP contribution in [0.5, 0.6) is 0 Å². The molecule has 0 saturated carbocycles. The fraction of sp³-hybridized carbons (Fsp3) is 0.750. The minimum Gasteiger partial charge on any atom is -0.380 e. The molecule has 3 unspecified atom stereocenters. The Balaban J connectivity index is 1.72. The molecule has 0 spiro atoms. The molecule has 0 radical (unpaired) electrons. The van der Waals surface area contributed by atoms with Gasteiger partial charge in [-0.25, -0.2) is 0 Å². The molecule has 2 fully saturated rings. The van der Waals surface area contributed by atoms with Crippen molar-refractivity contribution in [2.45, 2.75) is 37.4 Å². The Kier molecular flexibility index (Phi) is 4.44. The lowest BCUT2D eigenvalue weighted by molar-refractivity contribution is 0.194. The average Bonchev–Trinajstić information content (AvgIpc) is 2.38. The standard InChI is InChI=1S/C16H28N4/c1-19-9-13-5-3-7-15(17-13)11-20(2)12-16-8-4-6-14(10-19)18-16/h3,5,7,13-14,16-18H,4,6,8-12H2,1-2H3. The number of allylic oxidation sites excluding steroid dienone is 2. The van der Waals surface area contributed by atoms with E-state index in [1.54, 1.807) is 0 Å². The topological polar surface area (TPSA) is 30.5 Å². The van der Waals surface area contributed by atoms with Gasteiger partial charge in [0.15, 0.2) is 0 Å². The molecular weight excluding hydrogens is 248 g/mol. The van der Waals surface area contributed by atoms with Crippen LogP contribution in [0.25, 0.3) is 0 Å². The molecule has 112 valence electrons. The van der Waals surface area contributed by atoms with Crippen molar-refractivity contribution in [3.8, 4) is 0 Å². The molecule has 2 saturated heterocycles. The smallest absolute Gasteiger partial charge is 0.0572 e. The van der Waals surface area contributed by atoms with Crippen molar-refractivity contribution >= 4 is 0 Å². The van der Waals surface area contributed by atoms with Gasteiger partial charge >= 0.3 is 0 Å². The largest absolute Gasteiger partial charge is 0.380 e. The van der Waals surface area contributed by atoms with Crippen LogP contribution in [0.15, 0.2) is 23.9 Å². The minimum atomic E-state index is 0.451. The predicted octanol–water partition coefficient (Wildman–Crippen LogP) is 0.786. The van der Waals surface area contributed by atoms with E-state index in [2.05, 4.69) is 52.8 Å². The third-order valence-corrected chi connectivity index (χ3v) is 4.60. The highest BCUT2D eigenvalue weighted by molar-refractivity contribution is 5.21. The van der Waals surface area contributed by atoms with Gasteiger partial charge in [0.1, 0.15) is 0 Å². The maximum absolute atomic E-state index is 3.86. The highest BCUT2D eigenvalue weighted by atomic mass is 15.2. The molecule has 3 aliphatic heterocycles. The number of dihydropyridines is 1. The molecule has 2 N–H and O–H groups in total. The Morgan fingerprint density at radius 1 is 1.05 bits per heavy atom. The van der Waals surface area contributed by atoms with E-state index in [0.717, 1.165) is 26.2 Å². The number of piperidine rings is 1. The van der Waals surface area contributed by atoms with Crippen molar-refractivity contribution in [3.05, 3.63) is 23.9 Å². The summed E-state index contributed by atoms with van der Waals surface area (Å²) in [5.74, 6) is 0. The number of hydrogen-bond acceptors (Lipinski definition) is 4. The van der Waals surface area contributed by atoms with E-state index in [4.69, 9.17) is 0 Å². The van der Waals surface area contributed by atoms with Gasteiger partial charge in [0.05, 0.1) is 6.04 Å². The number of rotatable bonds is 0. The normalized spacial score (nSPS) is 36.5. The van der Waals surface area contributed by atoms with Gasteiger partial charge in [0.2, 0.25) is 0 Å². The molecule has 3 aliphatic rings. The first-order valence-corrected chi connectivity index (χ1v) is 7.96. The van der Waals surface area contributed by atoms with Gasteiger partial charge in [0, 0.05) is 44.0 Å². The first kappa shape index (κ1) is 14.1. The van der Waals surface area contributed by atoms with E-state index in [1.165, 1.54) is 25.0 Å². The summed E-state index contributed by atoms with van der Waals surface area (Å²) in [7, 11) is 4.48. The predicted molar refractivity (Wildman–Crippen MR) is 83.7 cm³/mol. The summed E-state index contributed by atoms with van der Waals surface area (Å²) in [6.45, 7) is 4.41. The maximum Gasteiger partial charge on any atom is 0.0572 e. The third kappa shape index (κ3) is 3.62. The molecule has 0 aromatic carbocycles. The van der Waals surface area contributed by atoms with Crippen LogP contribution < -0.4 is 10.6 Å². The fourth-order valence-electron chi connectivity index (χ4n) is 3.76. The van der Waals surface area contributed by atoms with Crippen molar-refractivity contribution < 1.29 is 0 Å². The second kappa shape index (κ2) is 6.29. The Hall–Kier alpha value is -0.840. The quantitative estimate of drug-likeness (QED) is 0.685. The van der Waals surface area contributed by atoms with Crippen LogP contribution >= 0.6 is 0 Å². The van der Waals surface area contributed by atoms with E-state index in [0.29, 0.717) is 18.1 Å². The Bertz CT molecular complexity index is 390. The molecule has 0 aliphatic carbocycles. The second-order valence-electron chi connectivity index (χ2n) is 6.74. The van der Waals surface area contributed by atoms with E-state index < -0.39 is 0 Å². The molecule has 0 aromatic rings. The second-order valence-corrected chi connectivity index (χ2v) is 6.74. The fourth-order valence-corrected chi connectivity index (χ4v) is 3.76. The third-order valence-electron chi connectivity index (χ3n) is 4.60. The summed E-state index contributed by atoms with van der Waals surface area (Å²) < 4.78 is 0. The SMILES string of the molecule is CN1CC2=CC=CC(CN(C)CC3CCCC(C1)N3)N2. The van der Waals surface area contributed by atoms with Gasteiger partial charge in [-0.1, -0.05) is 18.6 Å². The zero-order chi connectivity index (χ0) is 13.9. The van der Waals surface area contributed by atoms with Gasteiger partial charge in [0.25, 0.3) is 0 Å². The maximum atomic E-state index is 3.86. The summed E-state index contributed by atoms with van der Waals surface area (Å²) >= 11 is 0. The van der Waals surface area contributed by atoms with Crippen LogP contribution in [0.3, 0.4) is 0 Å². The highest BCUT2D eigenvalue weighted by Crippen LogP contribution is 2.16. The molecule has 0 amide bonds. The summed E-state index contributed by atoms with van der Waals surface area (Å²) in [6.07, 6.45) is 10.7. The molecule has 3 rings (SSSR count). The van der Waals surface area contributed by atoms with Crippen LogP contribution in [0.1, 0.15) is 19.3 Å². The van der Waals surface area contributed by atoms with E-state index in [1.807, 2.05) is 0 Å². The molecule has 3 atom stereocenters.